The van der Waals surface area contributed by atoms with E-state index >= 15 is 0 Å². The second kappa shape index (κ2) is 15.3. The molecule has 42 heavy (non-hydrogen) atoms. The number of hydrogen-bond donors (Lipinski definition) is 1. The van der Waals surface area contributed by atoms with E-state index in [1.54, 1.807) is 38.5 Å². The van der Waals surface area contributed by atoms with Gasteiger partial charge in [0.05, 0.1) is 13.7 Å². The number of nitrogens with zero attached hydrogens (tertiary/aromatic N) is 2. The van der Waals surface area contributed by atoms with Crippen molar-refractivity contribution in [3.63, 3.8) is 0 Å². The molecule has 1 N–H and O–H groups in total. The number of benzene rings is 2. The molecule has 2 aliphatic rings. The van der Waals surface area contributed by atoms with Crippen molar-refractivity contribution in [1.29, 1.82) is 0 Å². The molecular weight excluding hydrogens is 534 g/mol. The third-order valence-corrected chi connectivity index (χ3v) is 8.16. The van der Waals surface area contributed by atoms with Gasteiger partial charge in [0.2, 0.25) is 0 Å². The average molecular weight is 582 g/mol. The van der Waals surface area contributed by atoms with E-state index in [0.29, 0.717) is 43.4 Å². The molecule has 1 aliphatic heterocycles. The van der Waals surface area contributed by atoms with Gasteiger partial charge >= 0.3 is 6.09 Å². The Bertz CT molecular complexity index is 1170. The zero-order valence-electron chi connectivity index (χ0n) is 25.8. The number of carbonyl (C=O) groups excluding carboxylic acids is 2. The predicted octanol–water partition coefficient (Wildman–Crippen LogP) is 5.02. The molecule has 1 saturated heterocycles. The number of aryl methyl sites for hydroxylation is 1. The maximum absolute atomic E-state index is 13.8. The summed E-state index contributed by atoms with van der Waals surface area (Å²) in [5.41, 5.74) is 1.72. The summed E-state index contributed by atoms with van der Waals surface area (Å²) >= 11 is 0. The fourth-order valence-electron chi connectivity index (χ4n) is 5.48. The van der Waals surface area contributed by atoms with Crippen molar-refractivity contribution in [3.05, 3.63) is 53.6 Å². The number of ether oxygens (including phenoxy) is 4. The summed E-state index contributed by atoms with van der Waals surface area (Å²) in [4.78, 5) is 30.9. The summed E-state index contributed by atoms with van der Waals surface area (Å²) in [7, 11) is 3.29. The molecule has 1 heterocycles. The molecule has 0 radical (unpaired) electrons. The summed E-state index contributed by atoms with van der Waals surface area (Å²) in [5, 5.41) is 3.51. The maximum Gasteiger partial charge on any atom is 0.415 e. The van der Waals surface area contributed by atoms with Crippen LogP contribution in [0.5, 0.6) is 17.2 Å². The molecule has 1 saturated carbocycles. The van der Waals surface area contributed by atoms with Crippen LogP contribution in [-0.2, 0) is 11.2 Å². The molecule has 0 unspecified atom stereocenters. The summed E-state index contributed by atoms with van der Waals surface area (Å²) in [5.74, 6) is 2.40. The summed E-state index contributed by atoms with van der Waals surface area (Å²) in [6, 6.07) is 13.1. The van der Waals surface area contributed by atoms with E-state index in [9.17, 15) is 9.59 Å². The summed E-state index contributed by atoms with van der Waals surface area (Å²) < 4.78 is 22.1. The second-order valence-corrected chi connectivity index (χ2v) is 11.5. The van der Waals surface area contributed by atoms with E-state index in [1.807, 2.05) is 28.0 Å². The molecule has 0 bridgehead atoms. The minimum atomic E-state index is -0.320. The van der Waals surface area contributed by atoms with Gasteiger partial charge in [-0.25, -0.2) is 4.79 Å². The highest BCUT2D eigenvalue weighted by atomic mass is 16.6. The zero-order valence-corrected chi connectivity index (χ0v) is 25.8. The fraction of sp³-hybridized carbons (Fsp3) is 0.576. The van der Waals surface area contributed by atoms with Gasteiger partial charge in [-0.15, -0.1) is 0 Å². The van der Waals surface area contributed by atoms with Crippen LogP contribution in [-0.4, -0.2) is 87.5 Å². The van der Waals surface area contributed by atoms with Crippen molar-refractivity contribution in [3.8, 4) is 17.2 Å². The van der Waals surface area contributed by atoms with Gasteiger partial charge in [0, 0.05) is 64.0 Å². The van der Waals surface area contributed by atoms with Crippen LogP contribution in [0.15, 0.2) is 42.5 Å². The van der Waals surface area contributed by atoms with Gasteiger partial charge in [0.25, 0.3) is 5.91 Å². The maximum atomic E-state index is 13.8. The van der Waals surface area contributed by atoms with Crippen LogP contribution in [0.4, 0.5) is 4.79 Å². The first-order valence-electron chi connectivity index (χ1n) is 15.2. The van der Waals surface area contributed by atoms with Crippen LogP contribution in [0, 0.1) is 11.8 Å². The minimum Gasteiger partial charge on any atom is -0.497 e. The summed E-state index contributed by atoms with van der Waals surface area (Å²) in [6.45, 7) is 10.2. The van der Waals surface area contributed by atoms with E-state index in [0.717, 1.165) is 50.1 Å². The van der Waals surface area contributed by atoms with Crippen molar-refractivity contribution in [2.75, 3.05) is 53.6 Å². The van der Waals surface area contributed by atoms with Crippen LogP contribution in [0.25, 0.3) is 0 Å². The second-order valence-electron chi connectivity index (χ2n) is 11.5. The molecule has 0 aromatic heterocycles. The Hall–Kier alpha value is -3.30. The molecule has 4 rings (SSSR count). The SMILES string of the molecule is CCc1ccc(C(=O)N(C[C@@H]2CNC[C@H]2CN(C(=O)Oc2ccc(OC)cc2)C2CC2)C(C)C)cc1OCCCOC. The van der Waals surface area contributed by atoms with E-state index in [2.05, 4.69) is 26.1 Å². The number of carbonyl (C=O) groups is 2. The number of methoxy groups -OCH3 is 2. The highest BCUT2D eigenvalue weighted by Crippen LogP contribution is 2.32. The Morgan fingerprint density at radius 1 is 0.952 bits per heavy atom. The van der Waals surface area contributed by atoms with Gasteiger partial charge in [-0.05, 0) is 86.9 Å². The molecule has 9 nitrogen and oxygen atoms in total. The smallest absolute Gasteiger partial charge is 0.415 e. The molecule has 2 amide bonds. The van der Waals surface area contributed by atoms with Crippen molar-refractivity contribution < 1.29 is 28.5 Å². The van der Waals surface area contributed by atoms with Crippen LogP contribution in [0.1, 0.15) is 56.0 Å². The predicted molar refractivity (Wildman–Crippen MR) is 163 cm³/mol. The van der Waals surface area contributed by atoms with Gasteiger partial charge in [0.15, 0.2) is 0 Å². The zero-order chi connectivity index (χ0) is 30.1. The standard InChI is InChI=1S/C33H47N3O6/c1-6-24-8-9-25(18-31(24)41-17-7-16-39-4)32(37)35(23(2)3)21-26-19-34-20-27(26)22-36(28-10-11-28)33(38)42-30-14-12-29(40-5)13-15-30/h8-9,12-15,18,23,26-28,34H,6-7,10-11,16-17,19-22H2,1-5H3/t26-,27-/m0/s1. The van der Waals surface area contributed by atoms with Crippen LogP contribution in [0.2, 0.25) is 0 Å². The number of hydrogen-bond acceptors (Lipinski definition) is 7. The molecule has 2 fully saturated rings. The first-order chi connectivity index (χ1) is 20.3. The first-order valence-corrected chi connectivity index (χ1v) is 15.2. The van der Waals surface area contributed by atoms with Crippen LogP contribution < -0.4 is 19.5 Å². The third kappa shape index (κ3) is 8.38. The van der Waals surface area contributed by atoms with E-state index in [1.165, 1.54) is 0 Å². The summed E-state index contributed by atoms with van der Waals surface area (Å²) in [6.07, 6.45) is 3.28. The highest BCUT2D eigenvalue weighted by Gasteiger charge is 2.39. The van der Waals surface area contributed by atoms with Crippen molar-refractivity contribution in [1.82, 2.24) is 15.1 Å². The lowest BCUT2D eigenvalue weighted by molar-refractivity contribution is 0.0648. The normalized spacial score (nSPS) is 18.1. The molecule has 2 atom stereocenters. The van der Waals surface area contributed by atoms with Crippen molar-refractivity contribution in [2.45, 2.75) is 58.5 Å². The van der Waals surface area contributed by atoms with Crippen molar-refractivity contribution in [2.24, 2.45) is 11.8 Å². The Labute approximate surface area is 250 Å². The molecule has 230 valence electrons. The molecule has 0 spiro atoms. The largest absolute Gasteiger partial charge is 0.497 e. The van der Waals surface area contributed by atoms with E-state index in [-0.39, 0.29) is 35.9 Å². The van der Waals surface area contributed by atoms with Crippen molar-refractivity contribution >= 4 is 12.0 Å². The lowest BCUT2D eigenvalue weighted by Crippen LogP contribution is -2.45. The third-order valence-electron chi connectivity index (χ3n) is 8.16. The monoisotopic (exact) mass is 581 g/mol. The quantitative estimate of drug-likeness (QED) is 0.296. The molecule has 2 aromatic rings. The minimum absolute atomic E-state index is 0.00184. The highest BCUT2D eigenvalue weighted by molar-refractivity contribution is 5.95. The van der Waals surface area contributed by atoms with Gasteiger partial charge in [-0.2, -0.15) is 0 Å². The Morgan fingerprint density at radius 3 is 2.26 bits per heavy atom. The number of nitrogens with one attached hydrogen (secondary N) is 1. The first kappa shape index (κ1) is 31.6. The Kier molecular flexibility index (Phi) is 11.5. The molecular formula is C33H47N3O6. The fourth-order valence-corrected chi connectivity index (χ4v) is 5.48. The molecule has 1 aliphatic carbocycles. The Morgan fingerprint density at radius 2 is 1.64 bits per heavy atom. The van der Waals surface area contributed by atoms with Gasteiger partial charge in [-0.1, -0.05) is 13.0 Å². The van der Waals surface area contributed by atoms with E-state index < -0.39 is 0 Å². The number of rotatable bonds is 15. The molecule has 9 heteroatoms. The molecule has 2 aromatic carbocycles. The number of amides is 2. The van der Waals surface area contributed by atoms with E-state index in [4.69, 9.17) is 18.9 Å². The average Bonchev–Trinajstić information content (AvgIpc) is 3.74. The van der Waals surface area contributed by atoms with Gasteiger partial charge < -0.3 is 34.1 Å². The van der Waals surface area contributed by atoms with Crippen LogP contribution >= 0.6 is 0 Å². The van der Waals surface area contributed by atoms with Crippen LogP contribution in [0.3, 0.4) is 0 Å². The lowest BCUT2D eigenvalue weighted by atomic mass is 9.94. The van der Waals surface area contributed by atoms with Gasteiger partial charge in [-0.3, -0.25) is 4.79 Å². The van der Waals surface area contributed by atoms with Gasteiger partial charge in [0.1, 0.15) is 17.2 Å². The topological polar surface area (TPSA) is 89.6 Å². The Balaban J connectivity index is 1.42. The lowest BCUT2D eigenvalue weighted by Gasteiger charge is -2.33.